The molecule has 1 aromatic rings. The maximum atomic E-state index is 12.9. The van der Waals surface area contributed by atoms with E-state index in [9.17, 15) is 17.6 Å². The summed E-state index contributed by atoms with van der Waals surface area (Å²) in [7, 11) is 0. The van der Waals surface area contributed by atoms with E-state index < -0.39 is 23.2 Å². The smallest absolute Gasteiger partial charge is 0.396 e. The van der Waals surface area contributed by atoms with Gasteiger partial charge in [-0.05, 0) is 17.7 Å². The van der Waals surface area contributed by atoms with Gasteiger partial charge in [0, 0.05) is 5.33 Å². The maximum absolute atomic E-state index is 12.9. The Morgan fingerprint density at radius 1 is 1.29 bits per heavy atom. The maximum Gasteiger partial charge on any atom is 0.418 e. The molecule has 0 fully saturated rings. The Balaban J connectivity index is 3.35. The Morgan fingerprint density at radius 3 is 2.29 bits per heavy atom. The lowest BCUT2D eigenvalue weighted by atomic mass is 10.1. The lowest BCUT2D eigenvalue weighted by molar-refractivity contribution is -0.137. The molecular weight excluding hydrogens is 266 g/mol. The molecule has 0 aliphatic carbocycles. The van der Waals surface area contributed by atoms with Crippen LogP contribution in [0, 0.1) is 5.82 Å². The summed E-state index contributed by atoms with van der Waals surface area (Å²) in [6.45, 7) is 0. The van der Waals surface area contributed by atoms with Crippen LogP contribution in [0.15, 0.2) is 12.1 Å². The Labute approximate surface area is 86.0 Å². The number of nitrogen functional groups attached to an aromatic ring is 1. The van der Waals surface area contributed by atoms with E-state index in [4.69, 9.17) is 5.73 Å². The molecule has 0 aliphatic rings. The number of benzene rings is 1. The van der Waals surface area contributed by atoms with E-state index in [-0.39, 0.29) is 10.9 Å². The lowest BCUT2D eigenvalue weighted by Gasteiger charge is -2.11. The molecule has 0 spiro atoms. The summed E-state index contributed by atoms with van der Waals surface area (Å²) in [6.07, 6.45) is -4.62. The zero-order valence-corrected chi connectivity index (χ0v) is 8.41. The van der Waals surface area contributed by atoms with Crippen molar-refractivity contribution in [3.8, 4) is 0 Å². The second-order valence-corrected chi connectivity index (χ2v) is 3.23. The Morgan fingerprint density at radius 2 is 1.86 bits per heavy atom. The molecule has 0 saturated heterocycles. The molecule has 0 aliphatic heterocycles. The van der Waals surface area contributed by atoms with Crippen molar-refractivity contribution in [3.05, 3.63) is 29.1 Å². The van der Waals surface area contributed by atoms with E-state index in [0.717, 1.165) is 12.1 Å². The number of rotatable bonds is 1. The summed E-state index contributed by atoms with van der Waals surface area (Å²) in [5, 5.41) is 0.146. The monoisotopic (exact) mass is 271 g/mol. The Bertz CT molecular complexity index is 348. The molecular formula is C8H6BrF4N. The first-order valence-corrected chi connectivity index (χ1v) is 4.69. The minimum absolute atomic E-state index is 0.146. The summed E-state index contributed by atoms with van der Waals surface area (Å²) in [4.78, 5) is 0. The van der Waals surface area contributed by atoms with Crippen LogP contribution in [0.4, 0.5) is 23.2 Å². The zero-order valence-electron chi connectivity index (χ0n) is 6.83. The molecule has 1 aromatic carbocycles. The minimum Gasteiger partial charge on any atom is -0.396 e. The molecule has 1 nitrogen and oxygen atoms in total. The van der Waals surface area contributed by atoms with Crippen LogP contribution in [0.25, 0.3) is 0 Å². The van der Waals surface area contributed by atoms with Gasteiger partial charge in [0.2, 0.25) is 0 Å². The van der Waals surface area contributed by atoms with Gasteiger partial charge in [0.05, 0.1) is 11.3 Å². The van der Waals surface area contributed by atoms with Crippen LogP contribution in [0.1, 0.15) is 11.1 Å². The quantitative estimate of drug-likeness (QED) is 0.473. The van der Waals surface area contributed by atoms with Crippen molar-refractivity contribution in [2.24, 2.45) is 0 Å². The van der Waals surface area contributed by atoms with Gasteiger partial charge in [-0.3, -0.25) is 0 Å². The van der Waals surface area contributed by atoms with Gasteiger partial charge in [0.15, 0.2) is 0 Å². The summed E-state index contributed by atoms with van der Waals surface area (Å²) >= 11 is 2.94. The third-order valence-electron chi connectivity index (χ3n) is 1.65. The molecule has 0 heterocycles. The van der Waals surface area contributed by atoms with Gasteiger partial charge in [-0.15, -0.1) is 0 Å². The summed E-state index contributed by atoms with van der Waals surface area (Å²) in [5.74, 6) is -1.05. The van der Waals surface area contributed by atoms with Crippen molar-refractivity contribution in [2.75, 3.05) is 5.73 Å². The van der Waals surface area contributed by atoms with Crippen molar-refractivity contribution >= 4 is 21.6 Å². The van der Waals surface area contributed by atoms with E-state index in [1.165, 1.54) is 0 Å². The molecule has 0 atom stereocenters. The van der Waals surface area contributed by atoms with Crippen LogP contribution in [0.5, 0.6) is 0 Å². The SMILES string of the molecule is Nc1c(F)cc(CBr)cc1C(F)(F)F. The lowest BCUT2D eigenvalue weighted by Crippen LogP contribution is -2.11. The predicted octanol–water partition coefficient (Wildman–Crippen LogP) is 3.32. The highest BCUT2D eigenvalue weighted by Crippen LogP contribution is 2.35. The third kappa shape index (κ3) is 2.17. The molecule has 0 amide bonds. The van der Waals surface area contributed by atoms with Crippen LogP contribution < -0.4 is 5.73 Å². The number of nitrogens with two attached hydrogens (primary N) is 1. The first-order valence-electron chi connectivity index (χ1n) is 3.57. The molecule has 0 bridgehead atoms. The summed E-state index contributed by atoms with van der Waals surface area (Å²) < 4.78 is 49.8. The Kier molecular flexibility index (Phi) is 3.04. The summed E-state index contributed by atoms with van der Waals surface area (Å²) in [6, 6.07) is 1.80. The molecule has 2 N–H and O–H groups in total. The van der Waals surface area contributed by atoms with Crippen molar-refractivity contribution in [1.82, 2.24) is 0 Å². The van der Waals surface area contributed by atoms with E-state index in [2.05, 4.69) is 15.9 Å². The van der Waals surface area contributed by atoms with Crippen LogP contribution in [-0.2, 0) is 11.5 Å². The van der Waals surface area contributed by atoms with Gasteiger partial charge >= 0.3 is 6.18 Å². The highest BCUT2D eigenvalue weighted by molar-refractivity contribution is 9.08. The highest BCUT2D eigenvalue weighted by Gasteiger charge is 2.34. The van der Waals surface area contributed by atoms with Crippen LogP contribution in [0.3, 0.4) is 0 Å². The van der Waals surface area contributed by atoms with Crippen molar-refractivity contribution in [2.45, 2.75) is 11.5 Å². The van der Waals surface area contributed by atoms with Crippen molar-refractivity contribution < 1.29 is 17.6 Å². The summed E-state index contributed by atoms with van der Waals surface area (Å²) in [5.41, 5.74) is 3.19. The van der Waals surface area contributed by atoms with Gasteiger partial charge in [0.1, 0.15) is 5.82 Å². The highest BCUT2D eigenvalue weighted by atomic mass is 79.9. The molecule has 0 aromatic heterocycles. The van der Waals surface area contributed by atoms with Gasteiger partial charge in [0.25, 0.3) is 0 Å². The predicted molar refractivity (Wildman–Crippen MR) is 48.4 cm³/mol. The van der Waals surface area contributed by atoms with Gasteiger partial charge < -0.3 is 5.73 Å². The number of hydrogen-bond donors (Lipinski definition) is 1. The molecule has 1 rings (SSSR count). The fourth-order valence-electron chi connectivity index (χ4n) is 0.986. The first-order chi connectivity index (χ1) is 6.36. The second kappa shape index (κ2) is 3.76. The zero-order chi connectivity index (χ0) is 10.9. The van der Waals surface area contributed by atoms with Crippen molar-refractivity contribution in [3.63, 3.8) is 0 Å². The number of anilines is 1. The normalized spacial score (nSPS) is 11.8. The Hall–Kier alpha value is -0.780. The number of hydrogen-bond acceptors (Lipinski definition) is 1. The first kappa shape index (κ1) is 11.3. The molecule has 0 radical (unpaired) electrons. The topological polar surface area (TPSA) is 26.0 Å². The van der Waals surface area contributed by atoms with E-state index in [0.29, 0.717) is 0 Å². The fraction of sp³-hybridized carbons (Fsp3) is 0.250. The van der Waals surface area contributed by atoms with Gasteiger partial charge in [-0.1, -0.05) is 15.9 Å². The third-order valence-corrected chi connectivity index (χ3v) is 2.30. The van der Waals surface area contributed by atoms with Gasteiger partial charge in [-0.2, -0.15) is 13.2 Å². The average Bonchev–Trinajstić information content (AvgIpc) is 2.07. The molecule has 0 saturated carbocycles. The van der Waals surface area contributed by atoms with Gasteiger partial charge in [-0.25, -0.2) is 4.39 Å². The molecule has 0 unspecified atom stereocenters. The average molecular weight is 272 g/mol. The molecule has 78 valence electrons. The van der Waals surface area contributed by atoms with E-state index >= 15 is 0 Å². The van der Waals surface area contributed by atoms with Crippen LogP contribution in [-0.4, -0.2) is 0 Å². The van der Waals surface area contributed by atoms with Crippen molar-refractivity contribution in [1.29, 1.82) is 0 Å². The number of alkyl halides is 4. The fourth-order valence-corrected chi connectivity index (χ4v) is 1.31. The number of halogens is 5. The molecule has 14 heavy (non-hydrogen) atoms. The standard InChI is InChI=1S/C8H6BrF4N/c9-3-4-1-5(8(11,12)13)7(14)6(10)2-4/h1-2H,3,14H2. The minimum atomic E-state index is -4.62. The van der Waals surface area contributed by atoms with E-state index in [1.807, 2.05) is 0 Å². The molecule has 6 heteroatoms. The van der Waals surface area contributed by atoms with Crippen LogP contribution >= 0.6 is 15.9 Å². The van der Waals surface area contributed by atoms with E-state index in [1.54, 1.807) is 0 Å². The second-order valence-electron chi connectivity index (χ2n) is 2.67. The van der Waals surface area contributed by atoms with Crippen LogP contribution in [0.2, 0.25) is 0 Å². The largest absolute Gasteiger partial charge is 0.418 e.